The molecule has 0 unspecified atom stereocenters. The van der Waals surface area contributed by atoms with Crippen molar-refractivity contribution in [2.45, 2.75) is 71.3 Å². The molecule has 35 nitrogen and oxygen atoms in total. The zero-order chi connectivity index (χ0) is 71.8. The van der Waals surface area contributed by atoms with Gasteiger partial charge in [-0.1, -0.05) is 99.3 Å². The predicted molar refractivity (Wildman–Crippen MR) is 376 cm³/mol. The van der Waals surface area contributed by atoms with Crippen LogP contribution in [-0.2, 0) is 62.6 Å². The van der Waals surface area contributed by atoms with Gasteiger partial charge in [0.05, 0.1) is 72.2 Å². The average Bonchev–Trinajstić information content (AvgIpc) is 1.63. The highest BCUT2D eigenvalue weighted by molar-refractivity contribution is 8.04. The number of halogens is 1. The molecule has 100 heavy (non-hydrogen) atoms. The van der Waals surface area contributed by atoms with Gasteiger partial charge in [0.25, 0.3) is 34.8 Å². The predicted octanol–water partition coefficient (Wildman–Crippen LogP) is 12.1. The number of anilines is 3. The Kier molecular flexibility index (Phi) is 28.5. The highest BCUT2D eigenvalue weighted by atomic mass is 35.5. The van der Waals surface area contributed by atoms with Gasteiger partial charge in [-0.15, -0.1) is 71.5 Å². The van der Waals surface area contributed by atoms with Crippen LogP contribution >= 0.6 is 104 Å². The molecule has 0 aliphatic carbocycles. The smallest absolute Gasteiger partial charge is 0.337 e. The Balaban J connectivity index is 0.000000192. The third-order valence-corrected chi connectivity index (χ3v) is 20.8. The van der Waals surface area contributed by atoms with E-state index in [1.54, 1.807) is 111 Å². The summed E-state index contributed by atoms with van der Waals surface area (Å²) in [4.78, 5) is 68.0. The third kappa shape index (κ3) is 20.7. The van der Waals surface area contributed by atoms with Gasteiger partial charge in [0.1, 0.15) is 19.8 Å². The van der Waals surface area contributed by atoms with Gasteiger partial charge in [-0.3, -0.25) is 14.4 Å². The Morgan fingerprint density at radius 3 is 1.09 bits per heavy atom. The summed E-state index contributed by atoms with van der Waals surface area (Å²) < 4.78 is 36.7. The minimum Gasteiger partial charge on any atom is -0.465 e. The molecule has 0 saturated heterocycles. The van der Waals surface area contributed by atoms with Gasteiger partial charge in [0.15, 0.2) is 51.9 Å². The normalized spacial score (nSPS) is 11.1. The van der Waals surface area contributed by atoms with Gasteiger partial charge < -0.3 is 45.6 Å². The van der Waals surface area contributed by atoms with Crippen LogP contribution in [0, 0.1) is 20.8 Å². The number of benzene rings is 3. The average molecular weight is 1540 g/mol. The molecule has 0 radical (unpaired) electrons. The number of carbonyl (C=O) groups is 6. The van der Waals surface area contributed by atoms with Crippen molar-refractivity contribution in [2.75, 3.05) is 62.0 Å². The van der Waals surface area contributed by atoms with E-state index < -0.39 is 17.9 Å². The summed E-state index contributed by atoms with van der Waals surface area (Å²) in [7, 11) is 3.83. The maximum absolute atomic E-state index is 12.1. The second-order valence-electron chi connectivity index (χ2n) is 19.3. The summed E-state index contributed by atoms with van der Waals surface area (Å²) in [6.07, 6.45) is 2.93. The summed E-state index contributed by atoms with van der Waals surface area (Å²) >= 11 is 17.3. The number of thioether (sulfide) groups is 4. The molecule has 10 rings (SSSR count). The van der Waals surface area contributed by atoms with Gasteiger partial charge in [-0.05, 0) is 116 Å². The van der Waals surface area contributed by atoms with E-state index in [0.717, 1.165) is 41.0 Å². The molecule has 0 spiro atoms. The van der Waals surface area contributed by atoms with Gasteiger partial charge in [-0.25, -0.2) is 28.4 Å². The first kappa shape index (κ1) is 76.0. The first-order valence-corrected chi connectivity index (χ1v) is 36.2. The Labute approximate surface area is 604 Å². The van der Waals surface area contributed by atoms with E-state index in [4.69, 9.17) is 57.2 Å². The number of nitrogens with zero attached hydrogens (tertiary/aromatic N) is 20. The summed E-state index contributed by atoms with van der Waals surface area (Å²) in [5.74, 6) is 1.53. The number of ether oxygens (including phenoxy) is 6. The lowest BCUT2D eigenvalue weighted by molar-refractivity contribution is -0.130. The molecule has 0 atom stereocenters. The van der Waals surface area contributed by atoms with E-state index >= 15 is 0 Å². The molecular formula is C56H56ClN23O12S8. The zero-order valence-corrected chi connectivity index (χ0v) is 60.9. The molecule has 3 aromatic carbocycles. The van der Waals surface area contributed by atoms with Crippen LogP contribution < -0.4 is 17.2 Å². The zero-order valence-electron chi connectivity index (χ0n) is 53.6. The van der Waals surface area contributed by atoms with Gasteiger partial charge in [-0.2, -0.15) is 15.3 Å². The topological polar surface area (TPSA) is 467 Å². The van der Waals surface area contributed by atoms with Crippen LogP contribution in [0.3, 0.4) is 0 Å². The van der Waals surface area contributed by atoms with Crippen molar-refractivity contribution in [1.29, 1.82) is 0 Å². The van der Waals surface area contributed by atoms with Gasteiger partial charge in [0, 0.05) is 17.3 Å². The summed E-state index contributed by atoms with van der Waals surface area (Å²) in [5, 5.41) is 71.4. The monoisotopic (exact) mass is 1530 g/mol. The second-order valence-corrected chi connectivity index (χ2v) is 28.8. The molecule has 0 amide bonds. The van der Waals surface area contributed by atoms with E-state index in [1.807, 2.05) is 6.26 Å². The maximum Gasteiger partial charge on any atom is 0.337 e. The van der Waals surface area contributed by atoms with Crippen molar-refractivity contribution >= 4 is 191 Å². The Hall–Kier alpha value is -9.76. The lowest BCUT2D eigenvalue weighted by Crippen LogP contribution is -2.08. The van der Waals surface area contributed by atoms with Crippen LogP contribution in [0.15, 0.2) is 103 Å². The Bertz CT molecular complexity index is 4630. The van der Waals surface area contributed by atoms with Crippen LogP contribution in [-0.4, -0.2) is 152 Å². The number of nitrogens with two attached hydrogens (primary N) is 3. The number of azo groups is 3. The molecule has 0 aliphatic heterocycles. The molecule has 10 aromatic rings. The number of aryl methyl sites for hydroxylation is 3. The number of carbonyl (C=O) groups excluding carboxylic acids is 6. The number of hydrogen-bond acceptors (Lipinski definition) is 40. The van der Waals surface area contributed by atoms with Crippen LogP contribution in [0.4, 0.5) is 49.9 Å². The highest BCUT2D eigenvalue weighted by Gasteiger charge is 2.22. The van der Waals surface area contributed by atoms with Crippen LogP contribution in [0.5, 0.6) is 0 Å². The lowest BCUT2D eigenvalue weighted by atomic mass is 10.1. The first-order valence-electron chi connectivity index (χ1n) is 28.4. The van der Waals surface area contributed by atoms with Crippen molar-refractivity contribution < 1.29 is 57.2 Å². The highest BCUT2D eigenvalue weighted by Crippen LogP contribution is 2.38. The van der Waals surface area contributed by atoms with E-state index in [2.05, 4.69) is 93.7 Å². The van der Waals surface area contributed by atoms with Crippen molar-refractivity contribution in [3.63, 3.8) is 0 Å². The molecule has 0 saturated carbocycles. The fraction of sp³-hybridized carbons (Fsp3) is 0.268. The Morgan fingerprint density at radius 2 is 0.790 bits per heavy atom. The first-order chi connectivity index (χ1) is 48.3. The van der Waals surface area contributed by atoms with Gasteiger partial charge in [0.2, 0.25) is 4.47 Å². The van der Waals surface area contributed by atoms with Crippen LogP contribution in [0.1, 0.15) is 78.2 Å². The summed E-state index contributed by atoms with van der Waals surface area (Å²) in [5.41, 5.74) is 25.4. The number of esters is 3. The van der Waals surface area contributed by atoms with E-state index in [-0.39, 0.29) is 54.0 Å². The molecule has 0 bridgehead atoms. The van der Waals surface area contributed by atoms with Crippen molar-refractivity contribution in [3.05, 3.63) is 110 Å². The molecule has 44 heteroatoms. The maximum atomic E-state index is 12.1. The number of hydrogen-bond donors (Lipinski definition) is 3. The lowest BCUT2D eigenvalue weighted by Gasteiger charge is -2.09. The number of methoxy groups -OCH3 is 3. The molecule has 7 heterocycles. The van der Waals surface area contributed by atoms with E-state index in [1.165, 1.54) is 92.5 Å². The SMILES string of the molecule is CCCSc1nnc(N=Nc2c(C)nn(-c3cc(COC=O)cc(C(=O)OC)c3)c2N)s1.COC(=O)c1cc(COC=O)cc(-n2nc(C)c(N=Nc3nnc(SC)s3)c2N)c1.COC(=O)c1cc(COC=O)cc(-n2nc(C)c(N=Nc3nnc(SCCSc4nnc(Cl)s4)s3)c2N)c1. The minimum atomic E-state index is -0.560. The van der Waals surface area contributed by atoms with Crippen molar-refractivity contribution in [2.24, 2.45) is 30.7 Å². The van der Waals surface area contributed by atoms with E-state index in [9.17, 15) is 28.8 Å². The number of aromatic nitrogens is 14. The van der Waals surface area contributed by atoms with Crippen molar-refractivity contribution in [1.82, 2.24) is 70.1 Å². The summed E-state index contributed by atoms with van der Waals surface area (Å²) in [6, 6.07) is 14.5. The van der Waals surface area contributed by atoms with Crippen molar-refractivity contribution in [3.8, 4) is 17.1 Å². The molecule has 7 aromatic heterocycles. The number of nitrogen functional groups attached to an aromatic ring is 3. The quantitative estimate of drug-likeness (QED) is 0.00940. The standard InChI is InChI=1S/C20H18ClN9O4S4.C19H21N7O4S2.C17H17N7O4S2/c1-10-14(23-25-18-26-28-20(38-18)36-4-3-35-19-27-24-17(21)37-19)15(22)30(29-10)13-6-11(8-34-9-31)5-12(7-13)16(32)33-2;1-4-5-31-19-24-23-18(32-19)22-21-15-11(2)25-26(16(15)20)14-7-12(9-30-10-27)6-13(8-14)17(28)29-3;1-9-13(19-20-16-21-22-17(29-3)30-16)14(18)24(23-9)12-5-10(7-28-8-25)4-11(6-12)15(26)27-2/h5-7,9H,3-4,8,22H2,1-2H3;6-8,10H,4-5,9,20H2,1-3H3;4-6,8H,7,18H2,1-3H3. The fourth-order valence-corrected chi connectivity index (χ4v) is 14.6. The molecular weight excluding hydrogens is 1480 g/mol. The largest absolute Gasteiger partial charge is 0.465 e. The third-order valence-electron chi connectivity index (χ3n) is 12.5. The molecule has 6 N–H and O–H groups in total. The molecule has 0 aliphatic rings. The second kappa shape index (κ2) is 37.4. The molecule has 0 fully saturated rings. The minimum absolute atomic E-state index is 0.0243. The van der Waals surface area contributed by atoms with Crippen LogP contribution in [0.25, 0.3) is 17.1 Å². The van der Waals surface area contributed by atoms with Crippen LogP contribution in [0.2, 0.25) is 4.47 Å². The Morgan fingerprint density at radius 1 is 0.470 bits per heavy atom. The van der Waals surface area contributed by atoms with E-state index in [0.29, 0.717) is 107 Å². The fourth-order valence-electron chi connectivity index (χ4n) is 8.21. The molecule has 522 valence electrons. The summed E-state index contributed by atoms with van der Waals surface area (Å²) in [6.45, 7) is 8.18. The van der Waals surface area contributed by atoms with Gasteiger partial charge >= 0.3 is 17.9 Å². The number of rotatable bonds is 30.